The number of benzene rings is 1. The first-order valence-electron chi connectivity index (χ1n) is 10.9. The number of carbonyl (C=O) groups is 1. The maximum atomic E-state index is 12.7. The summed E-state index contributed by atoms with van der Waals surface area (Å²) >= 11 is 6.32. The van der Waals surface area contributed by atoms with Gasteiger partial charge in [0.1, 0.15) is 0 Å². The van der Waals surface area contributed by atoms with Gasteiger partial charge in [-0.25, -0.2) is 8.42 Å². The van der Waals surface area contributed by atoms with Crippen LogP contribution in [0, 0.1) is 11.3 Å². The van der Waals surface area contributed by atoms with Crippen LogP contribution in [0.2, 0.25) is 5.02 Å². The molecule has 0 aliphatic carbocycles. The maximum absolute atomic E-state index is 12.7. The van der Waals surface area contributed by atoms with Crippen molar-refractivity contribution in [2.75, 3.05) is 44.2 Å². The lowest BCUT2D eigenvalue weighted by Crippen LogP contribution is -2.49. The Labute approximate surface area is 189 Å². The van der Waals surface area contributed by atoms with Gasteiger partial charge in [0, 0.05) is 36.6 Å². The molecule has 1 N–H and O–H groups in total. The van der Waals surface area contributed by atoms with Crippen LogP contribution in [0.5, 0.6) is 0 Å². The molecule has 0 unspecified atom stereocenters. The molecule has 1 aromatic carbocycles. The summed E-state index contributed by atoms with van der Waals surface area (Å²) in [5.41, 5.74) is 2.30. The highest BCUT2D eigenvalue weighted by molar-refractivity contribution is 7.91. The van der Waals surface area contributed by atoms with E-state index in [2.05, 4.69) is 24.0 Å². The van der Waals surface area contributed by atoms with Crippen LogP contribution >= 0.6 is 11.6 Å². The molecule has 1 amide bonds. The summed E-state index contributed by atoms with van der Waals surface area (Å²) < 4.78 is 23.2. The number of sulfone groups is 1. The number of carbonyl (C=O) groups excluding carboxylic acids is 1. The fraction of sp³-hybridized carbons (Fsp3) is 0.636. The first kappa shape index (κ1) is 22.6. The van der Waals surface area contributed by atoms with Crippen LogP contribution in [-0.2, 0) is 21.1 Å². The van der Waals surface area contributed by atoms with E-state index < -0.39 is 9.84 Å². The summed E-state index contributed by atoms with van der Waals surface area (Å²) in [5, 5.41) is 9.03. The zero-order chi connectivity index (χ0) is 22.2. The Morgan fingerprint density at radius 1 is 1.19 bits per heavy atom. The third-order valence-electron chi connectivity index (χ3n) is 6.99. The number of aromatic amines is 1. The summed E-state index contributed by atoms with van der Waals surface area (Å²) in [5.74, 6) is 0.936. The highest BCUT2D eigenvalue weighted by Gasteiger charge is 2.35. The Bertz CT molecular complexity index is 1040. The number of rotatable bonds is 5. The Morgan fingerprint density at radius 2 is 1.87 bits per heavy atom. The van der Waals surface area contributed by atoms with Crippen LogP contribution in [0.15, 0.2) is 18.3 Å². The molecule has 31 heavy (non-hydrogen) atoms. The Kier molecular flexibility index (Phi) is 6.34. The zero-order valence-corrected chi connectivity index (χ0v) is 19.8. The van der Waals surface area contributed by atoms with Crippen molar-refractivity contribution in [3.05, 3.63) is 28.9 Å². The number of halogens is 1. The minimum absolute atomic E-state index is 0.0685. The van der Waals surface area contributed by atoms with Crippen molar-refractivity contribution in [2.45, 2.75) is 33.1 Å². The average molecular weight is 467 g/mol. The number of nitrogens with one attached hydrogen (secondary N) is 1. The largest absolute Gasteiger partial charge is 0.342 e. The molecule has 0 atom stereocenters. The van der Waals surface area contributed by atoms with Crippen molar-refractivity contribution < 1.29 is 13.2 Å². The number of aromatic nitrogens is 2. The van der Waals surface area contributed by atoms with E-state index in [1.807, 2.05) is 21.9 Å². The van der Waals surface area contributed by atoms with E-state index >= 15 is 0 Å². The summed E-state index contributed by atoms with van der Waals surface area (Å²) in [7, 11) is -2.92. The predicted octanol–water partition coefficient (Wildman–Crippen LogP) is 2.75. The molecule has 170 valence electrons. The Morgan fingerprint density at radius 3 is 2.55 bits per heavy atom. The fourth-order valence-electron chi connectivity index (χ4n) is 4.98. The number of H-pyrrole nitrogens is 1. The monoisotopic (exact) mass is 466 g/mol. The second-order valence-corrected chi connectivity index (χ2v) is 12.4. The lowest BCUT2D eigenvalue weighted by atomic mass is 9.70. The molecule has 2 aliphatic rings. The molecule has 2 fully saturated rings. The van der Waals surface area contributed by atoms with Crippen molar-refractivity contribution >= 4 is 38.2 Å². The van der Waals surface area contributed by atoms with Gasteiger partial charge >= 0.3 is 0 Å². The Hall–Kier alpha value is -1.64. The maximum Gasteiger partial charge on any atom is 0.236 e. The molecular weight excluding hydrogens is 436 g/mol. The van der Waals surface area contributed by atoms with E-state index in [9.17, 15) is 13.2 Å². The van der Waals surface area contributed by atoms with Gasteiger partial charge < -0.3 is 4.90 Å². The molecule has 0 saturated carbocycles. The van der Waals surface area contributed by atoms with E-state index in [0.29, 0.717) is 25.6 Å². The molecule has 4 rings (SSSR count). The topological polar surface area (TPSA) is 86.4 Å². The minimum Gasteiger partial charge on any atom is -0.342 e. The molecule has 0 spiro atoms. The van der Waals surface area contributed by atoms with E-state index in [1.54, 1.807) is 6.20 Å². The normalized spacial score (nSPS) is 20.9. The standard InChI is InChI=1S/C22H31ClN4O3S/c1-22(2,13-16-11-19(23)12-17-14-24-25-21(16)17)18-3-5-27(6-4-18)20(28)15-26-7-9-31(29,30)10-8-26/h11-12,14,18H,3-10,13,15H2,1-2H3,(H,24,25). The minimum atomic E-state index is -2.92. The summed E-state index contributed by atoms with van der Waals surface area (Å²) in [6.07, 6.45) is 4.65. The van der Waals surface area contributed by atoms with Crippen LogP contribution in [0.1, 0.15) is 32.3 Å². The smallest absolute Gasteiger partial charge is 0.236 e. The van der Waals surface area contributed by atoms with Crippen molar-refractivity contribution in [2.24, 2.45) is 11.3 Å². The molecule has 9 heteroatoms. The summed E-state index contributed by atoms with van der Waals surface area (Å²) in [4.78, 5) is 16.7. The van der Waals surface area contributed by atoms with E-state index in [0.717, 1.165) is 48.3 Å². The molecule has 2 aromatic rings. The molecule has 7 nitrogen and oxygen atoms in total. The van der Waals surface area contributed by atoms with Crippen LogP contribution in [0.25, 0.3) is 10.9 Å². The number of amides is 1. The Balaban J connectivity index is 1.33. The highest BCUT2D eigenvalue weighted by Crippen LogP contribution is 2.39. The molecule has 1 aromatic heterocycles. The van der Waals surface area contributed by atoms with E-state index in [4.69, 9.17) is 11.6 Å². The van der Waals surface area contributed by atoms with Crippen LogP contribution < -0.4 is 0 Å². The number of fused-ring (bicyclic) bond motifs is 1. The van der Waals surface area contributed by atoms with Crippen LogP contribution in [0.3, 0.4) is 0 Å². The SMILES string of the molecule is CC(C)(Cc1cc(Cl)cc2cn[nH]c12)C1CCN(C(=O)CN2CCS(=O)(=O)CC2)CC1. The third-order valence-corrected chi connectivity index (χ3v) is 8.82. The third kappa shape index (κ3) is 5.23. The van der Waals surface area contributed by atoms with Gasteiger partial charge in [-0.2, -0.15) is 5.10 Å². The lowest BCUT2D eigenvalue weighted by molar-refractivity contribution is -0.134. The first-order chi connectivity index (χ1) is 14.6. The molecule has 2 aliphatic heterocycles. The van der Waals surface area contributed by atoms with Gasteiger partial charge in [0.05, 0.1) is 29.8 Å². The van der Waals surface area contributed by atoms with Crippen molar-refractivity contribution in [3.63, 3.8) is 0 Å². The van der Waals surface area contributed by atoms with Gasteiger partial charge in [-0.1, -0.05) is 25.4 Å². The summed E-state index contributed by atoms with van der Waals surface area (Å²) in [6.45, 7) is 7.35. The molecule has 0 radical (unpaired) electrons. The van der Waals surface area contributed by atoms with Gasteiger partial charge in [-0.15, -0.1) is 0 Å². The molecular formula is C22H31ClN4O3S. The summed E-state index contributed by atoms with van der Waals surface area (Å²) in [6, 6.07) is 3.96. The van der Waals surface area contributed by atoms with Gasteiger partial charge in [0.2, 0.25) is 5.91 Å². The molecule has 2 saturated heterocycles. The van der Waals surface area contributed by atoms with Crippen LogP contribution in [-0.4, -0.2) is 78.6 Å². The second kappa shape index (κ2) is 8.71. The predicted molar refractivity (Wildman–Crippen MR) is 123 cm³/mol. The van der Waals surface area contributed by atoms with Gasteiger partial charge in [0.25, 0.3) is 0 Å². The molecule has 0 bridgehead atoms. The fourth-order valence-corrected chi connectivity index (χ4v) is 6.50. The van der Waals surface area contributed by atoms with Crippen molar-refractivity contribution in [3.8, 4) is 0 Å². The lowest BCUT2D eigenvalue weighted by Gasteiger charge is -2.41. The van der Waals surface area contributed by atoms with E-state index in [1.165, 1.54) is 5.56 Å². The van der Waals surface area contributed by atoms with Gasteiger partial charge in [-0.05, 0) is 48.3 Å². The average Bonchev–Trinajstić information content (AvgIpc) is 3.18. The number of nitrogens with zero attached hydrogens (tertiary/aromatic N) is 3. The van der Waals surface area contributed by atoms with Crippen LogP contribution in [0.4, 0.5) is 0 Å². The number of hydrogen-bond acceptors (Lipinski definition) is 5. The van der Waals surface area contributed by atoms with Crippen molar-refractivity contribution in [1.82, 2.24) is 20.0 Å². The number of likely N-dealkylation sites (tertiary alicyclic amines) is 1. The zero-order valence-electron chi connectivity index (χ0n) is 18.2. The first-order valence-corrected chi connectivity index (χ1v) is 13.1. The van der Waals surface area contributed by atoms with Gasteiger partial charge in [-0.3, -0.25) is 14.8 Å². The second-order valence-electron chi connectivity index (χ2n) is 9.65. The molecule has 3 heterocycles. The van der Waals surface area contributed by atoms with Crippen molar-refractivity contribution in [1.29, 1.82) is 0 Å². The number of piperidine rings is 1. The van der Waals surface area contributed by atoms with Gasteiger partial charge in [0.15, 0.2) is 9.84 Å². The van der Waals surface area contributed by atoms with E-state index in [-0.39, 0.29) is 22.8 Å². The highest BCUT2D eigenvalue weighted by atomic mass is 35.5. The quantitative estimate of drug-likeness (QED) is 0.732. The number of hydrogen-bond donors (Lipinski definition) is 1.